The van der Waals surface area contributed by atoms with Crippen molar-refractivity contribution in [2.45, 2.75) is 31.8 Å². The van der Waals surface area contributed by atoms with E-state index in [1.165, 1.54) is 0 Å². The summed E-state index contributed by atoms with van der Waals surface area (Å²) in [6.45, 7) is 0.239. The summed E-state index contributed by atoms with van der Waals surface area (Å²) in [5.74, 6) is 0.170. The van der Waals surface area contributed by atoms with Crippen LogP contribution >= 0.6 is 0 Å². The molecule has 2 rings (SSSR count). The van der Waals surface area contributed by atoms with Crippen LogP contribution in [-0.2, 0) is 0 Å². The molecule has 0 radical (unpaired) electrons. The first kappa shape index (κ1) is 12.8. The van der Waals surface area contributed by atoms with E-state index in [0.29, 0.717) is 17.4 Å². The number of ether oxygens (including phenoxy) is 1. The Balaban J connectivity index is 2.00. The van der Waals surface area contributed by atoms with E-state index in [9.17, 15) is 4.79 Å². The second-order valence-electron chi connectivity index (χ2n) is 4.66. The number of carbonyl (C=O) groups is 1. The SMILES string of the molecule is NC(=O)c1cccnc1OC1CCC(CO)CC1. The topological polar surface area (TPSA) is 85.4 Å². The third-order valence-corrected chi connectivity index (χ3v) is 3.37. The molecule has 1 fully saturated rings. The van der Waals surface area contributed by atoms with Gasteiger partial charge in [0.05, 0.1) is 0 Å². The van der Waals surface area contributed by atoms with Crippen molar-refractivity contribution in [3.05, 3.63) is 23.9 Å². The van der Waals surface area contributed by atoms with Crippen molar-refractivity contribution in [1.82, 2.24) is 4.98 Å². The van der Waals surface area contributed by atoms with Gasteiger partial charge in [-0.05, 0) is 43.7 Å². The number of aliphatic hydroxyl groups excluding tert-OH is 1. The highest BCUT2D eigenvalue weighted by atomic mass is 16.5. The molecular formula is C13H18N2O3. The zero-order chi connectivity index (χ0) is 13.0. The fraction of sp³-hybridized carbons (Fsp3) is 0.538. The molecule has 0 unspecified atom stereocenters. The number of hydrogen-bond acceptors (Lipinski definition) is 4. The van der Waals surface area contributed by atoms with Crippen LogP contribution in [0.4, 0.5) is 0 Å². The lowest BCUT2D eigenvalue weighted by Crippen LogP contribution is -2.27. The maximum atomic E-state index is 11.2. The number of amides is 1. The molecule has 5 nitrogen and oxygen atoms in total. The molecule has 0 spiro atoms. The van der Waals surface area contributed by atoms with Gasteiger partial charge in [0.25, 0.3) is 5.91 Å². The molecule has 1 aromatic rings. The summed E-state index contributed by atoms with van der Waals surface area (Å²) >= 11 is 0. The van der Waals surface area contributed by atoms with Crippen LogP contribution < -0.4 is 10.5 Å². The first-order valence-corrected chi connectivity index (χ1v) is 6.23. The first-order chi connectivity index (χ1) is 8.70. The normalized spacial score (nSPS) is 23.6. The van der Waals surface area contributed by atoms with Gasteiger partial charge >= 0.3 is 0 Å². The third-order valence-electron chi connectivity index (χ3n) is 3.37. The molecule has 0 aliphatic heterocycles. The summed E-state index contributed by atoms with van der Waals surface area (Å²) in [6.07, 6.45) is 5.28. The van der Waals surface area contributed by atoms with E-state index in [1.807, 2.05) is 0 Å². The Kier molecular flexibility index (Phi) is 4.15. The largest absolute Gasteiger partial charge is 0.474 e. The fourth-order valence-electron chi connectivity index (χ4n) is 2.26. The number of primary amides is 1. The van der Waals surface area contributed by atoms with Gasteiger partial charge < -0.3 is 15.6 Å². The van der Waals surface area contributed by atoms with E-state index >= 15 is 0 Å². The van der Waals surface area contributed by atoms with E-state index in [4.69, 9.17) is 15.6 Å². The average molecular weight is 250 g/mol. The maximum absolute atomic E-state index is 11.2. The average Bonchev–Trinajstić information content (AvgIpc) is 2.40. The molecule has 1 saturated carbocycles. The van der Waals surface area contributed by atoms with Crippen LogP contribution in [0.15, 0.2) is 18.3 Å². The Morgan fingerprint density at radius 3 is 2.78 bits per heavy atom. The zero-order valence-electron chi connectivity index (χ0n) is 10.2. The van der Waals surface area contributed by atoms with Gasteiger partial charge in [0.2, 0.25) is 5.88 Å². The summed E-state index contributed by atoms with van der Waals surface area (Å²) in [5.41, 5.74) is 5.59. The van der Waals surface area contributed by atoms with Crippen LogP contribution in [0.1, 0.15) is 36.0 Å². The predicted molar refractivity (Wildman–Crippen MR) is 66.2 cm³/mol. The Bertz CT molecular complexity index is 414. The number of hydrogen-bond donors (Lipinski definition) is 2. The van der Waals surface area contributed by atoms with Gasteiger partial charge in [-0.25, -0.2) is 4.98 Å². The molecule has 1 aliphatic rings. The quantitative estimate of drug-likeness (QED) is 0.838. The highest BCUT2D eigenvalue weighted by molar-refractivity contribution is 5.94. The fourth-order valence-corrected chi connectivity index (χ4v) is 2.26. The summed E-state index contributed by atoms with van der Waals surface area (Å²) < 4.78 is 5.75. The molecule has 1 aromatic heterocycles. The van der Waals surface area contributed by atoms with Crippen molar-refractivity contribution in [1.29, 1.82) is 0 Å². The second-order valence-corrected chi connectivity index (χ2v) is 4.66. The van der Waals surface area contributed by atoms with Crippen molar-refractivity contribution in [3.8, 4) is 5.88 Å². The molecule has 5 heteroatoms. The minimum Gasteiger partial charge on any atom is -0.474 e. The van der Waals surface area contributed by atoms with Crippen molar-refractivity contribution in [3.63, 3.8) is 0 Å². The Morgan fingerprint density at radius 2 is 2.17 bits per heavy atom. The van der Waals surface area contributed by atoms with Crippen LogP contribution in [0, 0.1) is 5.92 Å². The lowest BCUT2D eigenvalue weighted by atomic mass is 9.88. The van der Waals surface area contributed by atoms with Gasteiger partial charge in [-0.15, -0.1) is 0 Å². The summed E-state index contributed by atoms with van der Waals surface area (Å²) in [7, 11) is 0. The molecule has 98 valence electrons. The molecule has 1 heterocycles. The van der Waals surface area contributed by atoms with E-state index in [1.54, 1.807) is 18.3 Å². The molecule has 0 bridgehead atoms. The Morgan fingerprint density at radius 1 is 1.44 bits per heavy atom. The molecule has 0 saturated heterocycles. The molecule has 0 atom stereocenters. The number of nitrogens with zero attached hydrogens (tertiary/aromatic N) is 1. The molecule has 3 N–H and O–H groups in total. The lowest BCUT2D eigenvalue weighted by Gasteiger charge is -2.27. The second kappa shape index (κ2) is 5.82. The van der Waals surface area contributed by atoms with Gasteiger partial charge in [-0.1, -0.05) is 0 Å². The standard InChI is InChI=1S/C13H18N2O3/c14-12(17)11-2-1-7-15-13(11)18-10-5-3-9(8-16)4-6-10/h1-2,7,9-10,16H,3-6,8H2,(H2,14,17). The zero-order valence-corrected chi connectivity index (χ0v) is 10.2. The molecular weight excluding hydrogens is 232 g/mol. The monoisotopic (exact) mass is 250 g/mol. The van der Waals surface area contributed by atoms with Crippen LogP contribution in [-0.4, -0.2) is 28.7 Å². The van der Waals surface area contributed by atoms with E-state index in [-0.39, 0.29) is 12.7 Å². The van der Waals surface area contributed by atoms with Crippen LogP contribution in [0.5, 0.6) is 5.88 Å². The van der Waals surface area contributed by atoms with Crippen LogP contribution in [0.3, 0.4) is 0 Å². The number of nitrogens with two attached hydrogens (primary N) is 1. The number of rotatable bonds is 4. The van der Waals surface area contributed by atoms with Gasteiger partial charge in [-0.3, -0.25) is 4.79 Å². The van der Waals surface area contributed by atoms with E-state index in [0.717, 1.165) is 25.7 Å². The lowest BCUT2D eigenvalue weighted by molar-refractivity contribution is 0.0935. The number of pyridine rings is 1. The van der Waals surface area contributed by atoms with E-state index in [2.05, 4.69) is 4.98 Å². The summed E-state index contributed by atoms with van der Waals surface area (Å²) in [6, 6.07) is 3.28. The molecule has 18 heavy (non-hydrogen) atoms. The third kappa shape index (κ3) is 2.98. The highest BCUT2D eigenvalue weighted by Crippen LogP contribution is 2.27. The van der Waals surface area contributed by atoms with Crippen molar-refractivity contribution < 1.29 is 14.6 Å². The summed E-state index contributed by atoms with van der Waals surface area (Å²) in [5, 5.41) is 9.07. The number of carbonyl (C=O) groups excluding carboxylic acids is 1. The van der Waals surface area contributed by atoms with Gasteiger partial charge in [0.1, 0.15) is 11.7 Å². The van der Waals surface area contributed by atoms with Gasteiger partial charge in [0, 0.05) is 12.8 Å². The minimum absolute atomic E-state index is 0.0563. The highest BCUT2D eigenvalue weighted by Gasteiger charge is 2.23. The number of aliphatic hydroxyl groups is 1. The van der Waals surface area contributed by atoms with Crippen LogP contribution in [0.2, 0.25) is 0 Å². The maximum Gasteiger partial charge on any atom is 0.254 e. The first-order valence-electron chi connectivity index (χ1n) is 6.23. The van der Waals surface area contributed by atoms with E-state index < -0.39 is 5.91 Å². The van der Waals surface area contributed by atoms with Crippen molar-refractivity contribution >= 4 is 5.91 Å². The minimum atomic E-state index is -0.526. The molecule has 1 aliphatic carbocycles. The van der Waals surface area contributed by atoms with Gasteiger partial charge in [-0.2, -0.15) is 0 Å². The van der Waals surface area contributed by atoms with Gasteiger partial charge in [0.15, 0.2) is 0 Å². The molecule has 0 aromatic carbocycles. The smallest absolute Gasteiger partial charge is 0.254 e. The Labute approximate surface area is 106 Å². The Hall–Kier alpha value is -1.62. The predicted octanol–water partition coefficient (Wildman–Crippen LogP) is 1.11. The van der Waals surface area contributed by atoms with Crippen molar-refractivity contribution in [2.24, 2.45) is 11.7 Å². The summed E-state index contributed by atoms with van der Waals surface area (Å²) in [4.78, 5) is 15.3. The molecule has 1 amide bonds. The number of aromatic nitrogens is 1. The van der Waals surface area contributed by atoms with Crippen molar-refractivity contribution in [2.75, 3.05) is 6.61 Å². The van der Waals surface area contributed by atoms with Crippen LogP contribution in [0.25, 0.3) is 0 Å².